The minimum atomic E-state index is -0.0450. The Morgan fingerprint density at radius 3 is 2.62 bits per heavy atom. The van der Waals surface area contributed by atoms with Crippen molar-refractivity contribution in [3.63, 3.8) is 0 Å². The van der Waals surface area contributed by atoms with Crippen LogP contribution in [0.2, 0.25) is 0 Å². The van der Waals surface area contributed by atoms with Gasteiger partial charge in [0.05, 0.1) is 23.2 Å². The summed E-state index contributed by atoms with van der Waals surface area (Å²) in [6.45, 7) is 6.52. The highest BCUT2D eigenvalue weighted by Gasteiger charge is 2.26. The van der Waals surface area contributed by atoms with E-state index in [2.05, 4.69) is 15.5 Å². The Kier molecular flexibility index (Phi) is 4.48. The molecule has 3 heterocycles. The molecule has 0 aromatic carbocycles. The van der Waals surface area contributed by atoms with Gasteiger partial charge in [-0.3, -0.25) is 14.5 Å². The summed E-state index contributed by atoms with van der Waals surface area (Å²) in [4.78, 5) is 32.5. The monoisotopic (exact) mass is 331 g/mol. The van der Waals surface area contributed by atoms with E-state index in [1.54, 1.807) is 24.9 Å². The van der Waals surface area contributed by atoms with Gasteiger partial charge in [-0.05, 0) is 19.9 Å². The van der Waals surface area contributed by atoms with Gasteiger partial charge < -0.3 is 14.7 Å². The predicted octanol–water partition coefficient (Wildman–Crippen LogP) is 0.343. The van der Waals surface area contributed by atoms with Crippen LogP contribution in [0.15, 0.2) is 10.6 Å². The molecule has 8 nitrogen and oxygen atoms in total. The number of fused-ring (bicyclic) bond motifs is 1. The number of nitrogens with one attached hydrogen (secondary N) is 1. The summed E-state index contributed by atoms with van der Waals surface area (Å²) in [5, 5.41) is 7.21. The molecular formula is C16H21N5O3. The zero-order valence-electron chi connectivity index (χ0n) is 14.1. The Morgan fingerprint density at radius 2 is 1.96 bits per heavy atom. The van der Waals surface area contributed by atoms with E-state index >= 15 is 0 Å². The number of hydrogen-bond acceptors (Lipinski definition) is 6. The quantitative estimate of drug-likeness (QED) is 0.872. The van der Waals surface area contributed by atoms with Crippen LogP contribution < -0.4 is 5.32 Å². The summed E-state index contributed by atoms with van der Waals surface area (Å²) in [5.74, 6) is -0.0577. The zero-order chi connectivity index (χ0) is 17.3. The maximum absolute atomic E-state index is 12.9. The summed E-state index contributed by atoms with van der Waals surface area (Å²) in [5.41, 5.74) is 2.37. The summed E-state index contributed by atoms with van der Waals surface area (Å²) in [7, 11) is 1.63. The van der Waals surface area contributed by atoms with E-state index in [1.165, 1.54) is 0 Å². The number of hydrogen-bond donors (Lipinski definition) is 1. The number of pyridine rings is 1. The van der Waals surface area contributed by atoms with Crippen molar-refractivity contribution in [3.05, 3.63) is 23.0 Å². The number of carbonyl (C=O) groups is 2. The predicted molar refractivity (Wildman–Crippen MR) is 87.7 cm³/mol. The lowest BCUT2D eigenvalue weighted by atomic mass is 10.1. The van der Waals surface area contributed by atoms with Crippen LogP contribution >= 0.6 is 0 Å². The second kappa shape index (κ2) is 6.56. The SMILES string of the molecule is CNC(=O)CN1CCN(C(=O)c2cc(C)nc3onc(C)c23)CC1. The van der Waals surface area contributed by atoms with Gasteiger partial charge in [0.25, 0.3) is 11.6 Å². The molecule has 2 amide bonds. The first-order chi connectivity index (χ1) is 11.5. The first-order valence-electron chi connectivity index (χ1n) is 7.95. The summed E-state index contributed by atoms with van der Waals surface area (Å²) < 4.78 is 5.20. The third-order valence-corrected chi connectivity index (χ3v) is 4.28. The van der Waals surface area contributed by atoms with E-state index in [0.29, 0.717) is 55.1 Å². The van der Waals surface area contributed by atoms with Gasteiger partial charge in [-0.2, -0.15) is 0 Å². The minimum absolute atomic E-state index is 0.0126. The van der Waals surface area contributed by atoms with Gasteiger partial charge in [-0.15, -0.1) is 0 Å². The number of aryl methyl sites for hydroxylation is 2. The fraction of sp³-hybridized carbons (Fsp3) is 0.500. The molecule has 0 atom stereocenters. The van der Waals surface area contributed by atoms with Gasteiger partial charge in [-0.1, -0.05) is 5.16 Å². The Hall–Kier alpha value is -2.48. The Bertz CT molecular complexity index is 777. The van der Waals surface area contributed by atoms with Crippen LogP contribution in [-0.2, 0) is 4.79 Å². The fourth-order valence-electron chi connectivity index (χ4n) is 2.95. The second-order valence-corrected chi connectivity index (χ2v) is 6.00. The average molecular weight is 331 g/mol. The van der Waals surface area contributed by atoms with E-state index in [4.69, 9.17) is 4.52 Å². The number of nitrogens with zero attached hydrogens (tertiary/aromatic N) is 4. The number of amides is 2. The molecule has 24 heavy (non-hydrogen) atoms. The molecule has 2 aromatic heterocycles. The molecule has 2 aromatic rings. The van der Waals surface area contributed by atoms with E-state index in [9.17, 15) is 9.59 Å². The summed E-state index contributed by atoms with van der Waals surface area (Å²) in [6.07, 6.45) is 0. The van der Waals surface area contributed by atoms with Crippen LogP contribution in [0, 0.1) is 13.8 Å². The molecule has 1 aliphatic rings. The molecule has 0 unspecified atom stereocenters. The van der Waals surface area contributed by atoms with Crippen molar-refractivity contribution < 1.29 is 14.1 Å². The molecule has 0 radical (unpaired) electrons. The van der Waals surface area contributed by atoms with E-state index in [-0.39, 0.29) is 11.8 Å². The third kappa shape index (κ3) is 3.09. The fourth-order valence-corrected chi connectivity index (χ4v) is 2.95. The molecular weight excluding hydrogens is 310 g/mol. The highest BCUT2D eigenvalue weighted by molar-refractivity contribution is 6.06. The standard InChI is InChI=1S/C16H21N5O3/c1-10-8-12(14-11(2)19-24-15(14)18-10)16(23)21-6-4-20(5-7-21)9-13(22)17-3/h8H,4-7,9H2,1-3H3,(H,17,22). The number of likely N-dealkylation sites (N-methyl/N-ethyl adjacent to an activating group) is 1. The second-order valence-electron chi connectivity index (χ2n) is 6.00. The molecule has 1 saturated heterocycles. The zero-order valence-corrected chi connectivity index (χ0v) is 14.1. The van der Waals surface area contributed by atoms with Gasteiger partial charge in [0.2, 0.25) is 5.91 Å². The molecule has 0 saturated carbocycles. The van der Waals surface area contributed by atoms with Crippen molar-refractivity contribution in [1.82, 2.24) is 25.3 Å². The first-order valence-corrected chi connectivity index (χ1v) is 7.95. The topological polar surface area (TPSA) is 91.6 Å². The van der Waals surface area contributed by atoms with Crippen LogP contribution in [0.4, 0.5) is 0 Å². The van der Waals surface area contributed by atoms with Crippen LogP contribution in [0.5, 0.6) is 0 Å². The van der Waals surface area contributed by atoms with E-state index in [1.807, 2.05) is 11.8 Å². The lowest BCUT2D eigenvalue weighted by Crippen LogP contribution is -2.50. The Balaban J connectivity index is 1.77. The van der Waals surface area contributed by atoms with Gasteiger partial charge in [0.15, 0.2) is 0 Å². The summed E-state index contributed by atoms with van der Waals surface area (Å²) in [6, 6.07) is 1.78. The maximum atomic E-state index is 12.9. The number of rotatable bonds is 3. The van der Waals surface area contributed by atoms with Crippen LogP contribution in [0.1, 0.15) is 21.7 Å². The Labute approximate surface area is 139 Å². The number of piperazine rings is 1. The molecule has 0 spiro atoms. The average Bonchev–Trinajstić information content (AvgIpc) is 2.95. The molecule has 1 aliphatic heterocycles. The van der Waals surface area contributed by atoms with Crippen LogP contribution in [0.25, 0.3) is 11.1 Å². The van der Waals surface area contributed by atoms with Crippen molar-refractivity contribution in [3.8, 4) is 0 Å². The lowest BCUT2D eigenvalue weighted by Gasteiger charge is -2.34. The molecule has 8 heteroatoms. The number of carbonyl (C=O) groups excluding carboxylic acids is 2. The van der Waals surface area contributed by atoms with Crippen molar-refractivity contribution >= 4 is 22.9 Å². The molecule has 128 valence electrons. The molecule has 1 N–H and O–H groups in total. The summed E-state index contributed by atoms with van der Waals surface area (Å²) >= 11 is 0. The highest BCUT2D eigenvalue weighted by atomic mass is 16.5. The molecule has 0 bridgehead atoms. The highest BCUT2D eigenvalue weighted by Crippen LogP contribution is 2.23. The van der Waals surface area contributed by atoms with Gasteiger partial charge in [0.1, 0.15) is 0 Å². The van der Waals surface area contributed by atoms with Gasteiger partial charge in [-0.25, -0.2) is 4.98 Å². The molecule has 1 fully saturated rings. The maximum Gasteiger partial charge on any atom is 0.258 e. The van der Waals surface area contributed by atoms with Crippen LogP contribution in [0.3, 0.4) is 0 Å². The van der Waals surface area contributed by atoms with Crippen molar-refractivity contribution in [2.24, 2.45) is 0 Å². The van der Waals surface area contributed by atoms with Crippen molar-refractivity contribution in [1.29, 1.82) is 0 Å². The minimum Gasteiger partial charge on any atom is -0.358 e. The third-order valence-electron chi connectivity index (χ3n) is 4.28. The van der Waals surface area contributed by atoms with Gasteiger partial charge >= 0.3 is 0 Å². The van der Waals surface area contributed by atoms with Crippen molar-refractivity contribution in [2.75, 3.05) is 39.8 Å². The Morgan fingerprint density at radius 1 is 1.25 bits per heavy atom. The molecule has 0 aliphatic carbocycles. The van der Waals surface area contributed by atoms with Crippen molar-refractivity contribution in [2.45, 2.75) is 13.8 Å². The lowest BCUT2D eigenvalue weighted by molar-refractivity contribution is -0.122. The first kappa shape index (κ1) is 16.4. The molecule has 3 rings (SSSR count). The number of aromatic nitrogens is 2. The van der Waals surface area contributed by atoms with Gasteiger partial charge in [0, 0.05) is 38.9 Å². The van der Waals surface area contributed by atoms with E-state index < -0.39 is 0 Å². The van der Waals surface area contributed by atoms with Crippen LogP contribution in [-0.4, -0.2) is 71.5 Å². The van der Waals surface area contributed by atoms with E-state index in [0.717, 1.165) is 5.69 Å². The smallest absolute Gasteiger partial charge is 0.258 e. The normalized spacial score (nSPS) is 15.7. The largest absolute Gasteiger partial charge is 0.358 e.